The highest BCUT2D eigenvalue weighted by molar-refractivity contribution is 4.95. The summed E-state index contributed by atoms with van der Waals surface area (Å²) in [5.41, 5.74) is 0. The van der Waals surface area contributed by atoms with Gasteiger partial charge in [0.05, 0.1) is 0 Å². The molecule has 0 N–H and O–H groups in total. The third-order valence-electron chi connectivity index (χ3n) is 0.414. The molecule has 1 heterocycles. The molecule has 1 aromatic heterocycles. The fourth-order valence-electron chi connectivity index (χ4n) is 0.201. The molecule has 0 fully saturated rings. The Hall–Kier alpha value is -0.990. The van der Waals surface area contributed by atoms with Crippen molar-refractivity contribution in [3.8, 4) is 5.88 Å². The fourth-order valence-corrected chi connectivity index (χ4v) is 0.201. The van der Waals surface area contributed by atoms with Gasteiger partial charge in [-0.15, -0.1) is 0 Å². The number of aromatic nitrogens is 1. The van der Waals surface area contributed by atoms with Gasteiger partial charge >= 0.3 is 0 Å². The summed E-state index contributed by atoms with van der Waals surface area (Å²) < 4.78 is 4.15. The standard InChI is InChI=1S/C3H3NO2/c5-3-1-2-6-4-3/h1-2H,(H,4,5)/p-1. The second-order valence-electron chi connectivity index (χ2n) is 0.838. The van der Waals surface area contributed by atoms with E-state index >= 15 is 0 Å². The SMILES string of the molecule is [O-]c1ccon1. The van der Waals surface area contributed by atoms with Gasteiger partial charge in [-0.2, -0.15) is 0 Å². The van der Waals surface area contributed by atoms with Crippen LogP contribution in [0, 0.1) is 0 Å². The fraction of sp³-hybridized carbons (Fsp3) is 0. The normalized spacial score (nSPS) is 8.67. The van der Waals surface area contributed by atoms with Crippen LogP contribution in [0.2, 0.25) is 0 Å². The predicted molar refractivity (Wildman–Crippen MR) is 15.9 cm³/mol. The molecule has 0 radical (unpaired) electrons. The van der Waals surface area contributed by atoms with Gasteiger partial charge in [-0.1, -0.05) is 5.16 Å². The molecule has 0 spiro atoms. The third kappa shape index (κ3) is 0.337. The van der Waals surface area contributed by atoms with E-state index in [-0.39, 0.29) is 5.88 Å². The Balaban J connectivity index is 3.05. The number of hydrogen-bond donors (Lipinski definition) is 0. The molecule has 0 unspecified atom stereocenters. The zero-order valence-corrected chi connectivity index (χ0v) is 2.92. The van der Waals surface area contributed by atoms with Crippen LogP contribution in [0.3, 0.4) is 0 Å². The summed E-state index contributed by atoms with van der Waals surface area (Å²) in [5, 5.41) is 12.9. The summed E-state index contributed by atoms with van der Waals surface area (Å²) >= 11 is 0. The molecular weight excluding hydrogens is 82.0 g/mol. The van der Waals surface area contributed by atoms with Crippen molar-refractivity contribution in [1.82, 2.24) is 5.16 Å². The van der Waals surface area contributed by atoms with Gasteiger partial charge in [-0.3, -0.25) is 0 Å². The van der Waals surface area contributed by atoms with Crippen molar-refractivity contribution in [3.63, 3.8) is 0 Å². The van der Waals surface area contributed by atoms with Crippen LogP contribution in [0.5, 0.6) is 5.88 Å². The lowest BCUT2D eigenvalue weighted by atomic mass is 10.7. The maximum atomic E-state index is 9.86. The van der Waals surface area contributed by atoms with Gasteiger partial charge in [0.15, 0.2) is 0 Å². The highest BCUT2D eigenvalue weighted by Crippen LogP contribution is 1.92. The molecule has 3 heteroatoms. The zero-order valence-electron chi connectivity index (χ0n) is 2.92. The van der Waals surface area contributed by atoms with Crippen molar-refractivity contribution in [2.75, 3.05) is 0 Å². The Kier molecular flexibility index (Phi) is 0.538. The van der Waals surface area contributed by atoms with Crippen molar-refractivity contribution in [2.24, 2.45) is 0 Å². The van der Waals surface area contributed by atoms with Crippen LogP contribution in [-0.2, 0) is 0 Å². The number of rotatable bonds is 0. The first-order chi connectivity index (χ1) is 2.89. The van der Waals surface area contributed by atoms with Gasteiger partial charge in [-0.25, -0.2) is 0 Å². The van der Waals surface area contributed by atoms with E-state index in [9.17, 15) is 5.11 Å². The number of nitrogens with zero attached hydrogens (tertiary/aromatic N) is 1. The number of hydrogen-bond acceptors (Lipinski definition) is 3. The molecule has 0 atom stereocenters. The van der Waals surface area contributed by atoms with Gasteiger partial charge in [0.25, 0.3) is 0 Å². The van der Waals surface area contributed by atoms with Crippen LogP contribution in [0.1, 0.15) is 0 Å². The molecule has 1 rings (SSSR count). The van der Waals surface area contributed by atoms with Gasteiger partial charge in [0, 0.05) is 5.88 Å². The molecule has 0 amide bonds. The summed E-state index contributed by atoms with van der Waals surface area (Å²) in [6.45, 7) is 0. The Labute approximate surface area is 34.2 Å². The van der Waals surface area contributed by atoms with Gasteiger partial charge in [0.2, 0.25) is 0 Å². The molecule has 0 bridgehead atoms. The van der Waals surface area contributed by atoms with E-state index in [4.69, 9.17) is 0 Å². The maximum absolute atomic E-state index is 9.86. The maximum Gasteiger partial charge on any atom is 0.123 e. The van der Waals surface area contributed by atoms with E-state index < -0.39 is 0 Å². The summed E-state index contributed by atoms with van der Waals surface area (Å²) in [6, 6.07) is 1.25. The quantitative estimate of drug-likeness (QED) is 0.435. The minimum Gasteiger partial charge on any atom is -0.856 e. The average molecular weight is 84.1 g/mol. The van der Waals surface area contributed by atoms with E-state index in [2.05, 4.69) is 9.68 Å². The monoisotopic (exact) mass is 84.0 g/mol. The summed E-state index contributed by atoms with van der Waals surface area (Å²) in [4.78, 5) is 0. The average Bonchev–Trinajstić information content (AvgIpc) is 1.86. The van der Waals surface area contributed by atoms with Crippen LogP contribution in [-0.4, -0.2) is 5.16 Å². The Morgan fingerprint density at radius 2 is 2.67 bits per heavy atom. The molecule has 6 heavy (non-hydrogen) atoms. The summed E-state index contributed by atoms with van der Waals surface area (Å²) in [6.07, 6.45) is 1.24. The molecule has 0 aliphatic carbocycles. The topological polar surface area (TPSA) is 49.1 Å². The van der Waals surface area contributed by atoms with Crippen LogP contribution < -0.4 is 5.11 Å². The van der Waals surface area contributed by atoms with Crippen molar-refractivity contribution in [2.45, 2.75) is 0 Å². The lowest BCUT2D eigenvalue weighted by Gasteiger charge is -1.85. The van der Waals surface area contributed by atoms with Crippen molar-refractivity contribution in [1.29, 1.82) is 0 Å². The summed E-state index contributed by atoms with van der Waals surface area (Å²) in [5.74, 6) is -0.324. The highest BCUT2D eigenvalue weighted by atomic mass is 16.5. The molecule has 32 valence electrons. The molecule has 0 aromatic carbocycles. The molecule has 0 saturated heterocycles. The smallest absolute Gasteiger partial charge is 0.123 e. The Morgan fingerprint density at radius 3 is 2.83 bits per heavy atom. The van der Waals surface area contributed by atoms with Crippen molar-refractivity contribution in [3.05, 3.63) is 12.3 Å². The van der Waals surface area contributed by atoms with Crippen LogP contribution >= 0.6 is 0 Å². The molecule has 0 saturated carbocycles. The minimum absolute atomic E-state index is 0.324. The first kappa shape index (κ1) is 3.21. The molecule has 0 aliphatic rings. The summed E-state index contributed by atoms with van der Waals surface area (Å²) in [7, 11) is 0. The first-order valence-electron chi connectivity index (χ1n) is 1.47. The lowest BCUT2D eigenvalue weighted by molar-refractivity contribution is -0.277. The Bertz CT molecular complexity index is 112. The van der Waals surface area contributed by atoms with Crippen LogP contribution in [0.25, 0.3) is 0 Å². The first-order valence-corrected chi connectivity index (χ1v) is 1.47. The van der Waals surface area contributed by atoms with Crippen molar-refractivity contribution < 1.29 is 9.63 Å². The van der Waals surface area contributed by atoms with E-state index in [1.807, 2.05) is 0 Å². The predicted octanol–water partition coefficient (Wildman–Crippen LogP) is -0.252. The lowest BCUT2D eigenvalue weighted by Crippen LogP contribution is -1.85. The second kappa shape index (κ2) is 1.01. The van der Waals surface area contributed by atoms with Crippen molar-refractivity contribution >= 4 is 0 Å². The molecule has 0 aliphatic heterocycles. The molecule has 3 nitrogen and oxygen atoms in total. The van der Waals surface area contributed by atoms with E-state index in [1.54, 1.807) is 0 Å². The van der Waals surface area contributed by atoms with Gasteiger partial charge in [-0.05, 0) is 6.07 Å². The van der Waals surface area contributed by atoms with Crippen LogP contribution in [0.4, 0.5) is 0 Å². The van der Waals surface area contributed by atoms with E-state index in [0.717, 1.165) is 0 Å². The van der Waals surface area contributed by atoms with Crippen LogP contribution in [0.15, 0.2) is 16.9 Å². The zero-order chi connectivity index (χ0) is 4.41. The highest BCUT2D eigenvalue weighted by Gasteiger charge is 1.69. The van der Waals surface area contributed by atoms with E-state index in [1.165, 1.54) is 12.3 Å². The Morgan fingerprint density at radius 1 is 1.83 bits per heavy atom. The van der Waals surface area contributed by atoms with Gasteiger partial charge in [0.1, 0.15) is 6.26 Å². The third-order valence-corrected chi connectivity index (χ3v) is 0.414. The second-order valence-corrected chi connectivity index (χ2v) is 0.838. The largest absolute Gasteiger partial charge is 0.856 e. The molecule has 1 aromatic rings. The molecular formula is C3H2NO2-. The van der Waals surface area contributed by atoms with Gasteiger partial charge < -0.3 is 9.63 Å². The minimum atomic E-state index is -0.324. The van der Waals surface area contributed by atoms with E-state index in [0.29, 0.717) is 0 Å².